The van der Waals surface area contributed by atoms with Crippen molar-refractivity contribution in [2.75, 3.05) is 0 Å². The Morgan fingerprint density at radius 3 is 1.22 bits per heavy atom. The summed E-state index contributed by atoms with van der Waals surface area (Å²) < 4.78 is 46.4. The molecular formula is C43H32F3N3. The fraction of sp³-hybridized carbons (Fsp3) is 0.140. The summed E-state index contributed by atoms with van der Waals surface area (Å²) >= 11 is 0. The summed E-state index contributed by atoms with van der Waals surface area (Å²) in [6, 6.07) is 35.5. The molecule has 0 aliphatic carbocycles. The maximum atomic E-state index is 14.0. The normalized spacial score (nSPS) is 12.1. The van der Waals surface area contributed by atoms with Crippen LogP contribution in [0.3, 0.4) is 0 Å². The Labute approximate surface area is 282 Å². The number of hydrogen-bond donors (Lipinski definition) is 0. The zero-order valence-corrected chi connectivity index (χ0v) is 27.8. The molecule has 0 spiro atoms. The van der Waals surface area contributed by atoms with E-state index in [1.165, 1.54) is 6.07 Å². The Morgan fingerprint density at radius 2 is 0.898 bits per heavy atom. The van der Waals surface area contributed by atoms with E-state index < -0.39 is 11.7 Å². The molecule has 0 atom stereocenters. The third kappa shape index (κ3) is 4.80. The van der Waals surface area contributed by atoms with Gasteiger partial charge in [-0.25, -0.2) is 0 Å². The second-order valence-electron chi connectivity index (χ2n) is 13.3. The number of aromatic nitrogens is 2. The second-order valence-corrected chi connectivity index (χ2v) is 13.3. The van der Waals surface area contributed by atoms with E-state index >= 15 is 0 Å². The average molecular weight is 648 g/mol. The highest BCUT2D eigenvalue weighted by atomic mass is 19.4. The van der Waals surface area contributed by atoms with Gasteiger partial charge in [0, 0.05) is 27.1 Å². The minimum absolute atomic E-state index is 0.448. The van der Waals surface area contributed by atoms with E-state index in [9.17, 15) is 18.4 Å². The van der Waals surface area contributed by atoms with Crippen LogP contribution in [0, 0.1) is 45.9 Å². The van der Waals surface area contributed by atoms with Crippen LogP contribution in [0.5, 0.6) is 0 Å². The van der Waals surface area contributed by atoms with Gasteiger partial charge in [0.15, 0.2) is 0 Å². The molecule has 0 unspecified atom stereocenters. The van der Waals surface area contributed by atoms with Crippen molar-refractivity contribution in [1.29, 1.82) is 5.26 Å². The van der Waals surface area contributed by atoms with Gasteiger partial charge in [-0.15, -0.1) is 0 Å². The van der Waals surface area contributed by atoms with Gasteiger partial charge < -0.3 is 9.13 Å². The van der Waals surface area contributed by atoms with Gasteiger partial charge in [0.1, 0.15) is 0 Å². The van der Waals surface area contributed by atoms with Crippen molar-refractivity contribution in [1.82, 2.24) is 9.13 Å². The molecule has 3 nitrogen and oxygen atoms in total. The van der Waals surface area contributed by atoms with Crippen molar-refractivity contribution in [2.45, 2.75) is 40.8 Å². The van der Waals surface area contributed by atoms with Crippen LogP contribution in [-0.4, -0.2) is 9.13 Å². The zero-order valence-electron chi connectivity index (χ0n) is 27.8. The summed E-state index contributed by atoms with van der Waals surface area (Å²) in [4.78, 5) is 0. The molecule has 8 rings (SSSR count). The minimum Gasteiger partial charge on any atom is -0.308 e. The van der Waals surface area contributed by atoms with Crippen LogP contribution in [0.1, 0.15) is 38.9 Å². The molecule has 49 heavy (non-hydrogen) atoms. The fourth-order valence-electron chi connectivity index (χ4n) is 7.42. The zero-order chi connectivity index (χ0) is 34.4. The van der Waals surface area contributed by atoms with Gasteiger partial charge in [-0.2, -0.15) is 18.4 Å². The van der Waals surface area contributed by atoms with Crippen LogP contribution in [0.25, 0.3) is 66.1 Å². The van der Waals surface area contributed by atoms with E-state index in [-0.39, 0.29) is 0 Å². The molecular weight excluding hydrogens is 615 g/mol. The maximum Gasteiger partial charge on any atom is 0.416 e. The summed E-state index contributed by atoms with van der Waals surface area (Å²) in [5.41, 5.74) is 11.2. The molecule has 0 aliphatic rings. The maximum absolute atomic E-state index is 14.0. The molecule has 240 valence electrons. The number of nitrogens with zero attached hydrogens (tertiary/aromatic N) is 3. The fourth-order valence-corrected chi connectivity index (χ4v) is 7.42. The molecule has 0 aliphatic heterocycles. The summed E-state index contributed by atoms with van der Waals surface area (Å²) in [6.45, 7) is 9.93. The number of rotatable bonds is 3. The van der Waals surface area contributed by atoms with Crippen molar-refractivity contribution in [3.8, 4) is 28.6 Å². The Hall–Kier alpha value is -5.80. The van der Waals surface area contributed by atoms with Crippen LogP contribution in [0.2, 0.25) is 0 Å². The van der Waals surface area contributed by atoms with Gasteiger partial charge >= 0.3 is 6.18 Å². The molecule has 2 aromatic heterocycles. The van der Waals surface area contributed by atoms with E-state index in [0.717, 1.165) is 88.9 Å². The Kier molecular flexibility index (Phi) is 6.77. The topological polar surface area (TPSA) is 33.6 Å². The summed E-state index contributed by atoms with van der Waals surface area (Å²) in [7, 11) is 0. The lowest BCUT2D eigenvalue weighted by atomic mass is 9.93. The molecule has 0 amide bonds. The standard InChI is InChI=1S/C43H32F3N3/c1-24-6-11-32-33-12-7-25(2)17-37(33)48(36(32)16-24)40-21-29(23-47)22-41(42(40)31-15-10-30(20-28(31)5)43(44,45)46)49-38-18-26(3)8-13-34(38)35-14-9-27(4)19-39(35)49/h6-22H,1-5H3. The summed E-state index contributed by atoms with van der Waals surface area (Å²) in [5.74, 6) is 0. The van der Waals surface area contributed by atoms with Gasteiger partial charge in [0.25, 0.3) is 0 Å². The number of aryl methyl sites for hydroxylation is 5. The van der Waals surface area contributed by atoms with Crippen LogP contribution in [-0.2, 0) is 6.18 Å². The highest BCUT2D eigenvalue weighted by Gasteiger charge is 2.32. The molecule has 0 bridgehead atoms. The van der Waals surface area contributed by atoms with E-state index in [0.29, 0.717) is 16.7 Å². The van der Waals surface area contributed by atoms with Crippen LogP contribution in [0.15, 0.2) is 103 Å². The highest BCUT2D eigenvalue weighted by Crippen LogP contribution is 2.45. The molecule has 0 N–H and O–H groups in total. The Balaban J connectivity index is 1.62. The number of halogens is 3. The molecule has 6 aromatic carbocycles. The first-order valence-electron chi connectivity index (χ1n) is 16.2. The smallest absolute Gasteiger partial charge is 0.308 e. The van der Waals surface area contributed by atoms with Gasteiger partial charge in [-0.05, 0) is 117 Å². The number of alkyl halides is 3. The van der Waals surface area contributed by atoms with Crippen LogP contribution >= 0.6 is 0 Å². The monoisotopic (exact) mass is 647 g/mol. The Morgan fingerprint density at radius 1 is 0.510 bits per heavy atom. The Bertz CT molecular complexity index is 2450. The molecule has 0 fully saturated rings. The van der Waals surface area contributed by atoms with E-state index in [4.69, 9.17) is 0 Å². The van der Waals surface area contributed by atoms with E-state index in [1.807, 2.05) is 39.8 Å². The van der Waals surface area contributed by atoms with Crippen LogP contribution in [0.4, 0.5) is 13.2 Å². The molecule has 2 heterocycles. The minimum atomic E-state index is -4.48. The lowest BCUT2D eigenvalue weighted by molar-refractivity contribution is -0.137. The van der Waals surface area contributed by atoms with Crippen molar-refractivity contribution >= 4 is 43.6 Å². The van der Waals surface area contributed by atoms with Crippen LogP contribution < -0.4 is 0 Å². The third-order valence-corrected chi connectivity index (χ3v) is 9.69. The summed E-state index contributed by atoms with van der Waals surface area (Å²) in [6.07, 6.45) is -4.48. The lowest BCUT2D eigenvalue weighted by Gasteiger charge is -2.22. The molecule has 0 saturated heterocycles. The van der Waals surface area contributed by atoms with Gasteiger partial charge in [-0.1, -0.05) is 54.6 Å². The third-order valence-electron chi connectivity index (χ3n) is 9.69. The van der Waals surface area contributed by atoms with E-state index in [2.05, 4.69) is 88.0 Å². The predicted molar refractivity (Wildman–Crippen MR) is 194 cm³/mol. The second kappa shape index (κ2) is 10.9. The van der Waals surface area contributed by atoms with Gasteiger partial charge in [0.05, 0.1) is 50.6 Å². The number of fused-ring (bicyclic) bond motifs is 6. The van der Waals surface area contributed by atoms with E-state index in [1.54, 1.807) is 13.0 Å². The summed E-state index contributed by atoms with van der Waals surface area (Å²) in [5, 5.41) is 14.8. The number of hydrogen-bond acceptors (Lipinski definition) is 1. The first kappa shape index (κ1) is 30.5. The first-order chi connectivity index (χ1) is 23.4. The van der Waals surface area contributed by atoms with Crippen molar-refractivity contribution in [3.05, 3.63) is 142 Å². The molecule has 0 saturated carbocycles. The SMILES string of the molecule is Cc1ccc2c3ccc(C)cc3n(-c3cc(C#N)cc(-n4c5cc(C)ccc5c5ccc(C)cc54)c3-c3ccc(C(F)(F)F)cc3C)c2c1. The quantitative estimate of drug-likeness (QED) is 0.188. The lowest BCUT2D eigenvalue weighted by Crippen LogP contribution is -2.08. The highest BCUT2D eigenvalue weighted by molar-refractivity contribution is 6.12. The van der Waals surface area contributed by atoms with Crippen molar-refractivity contribution in [2.24, 2.45) is 0 Å². The largest absolute Gasteiger partial charge is 0.416 e. The van der Waals surface area contributed by atoms with Gasteiger partial charge in [-0.3, -0.25) is 0 Å². The van der Waals surface area contributed by atoms with Crippen molar-refractivity contribution in [3.63, 3.8) is 0 Å². The molecule has 8 aromatic rings. The predicted octanol–water partition coefficient (Wildman–Crippen LogP) is 12.0. The number of benzene rings is 6. The molecule has 6 heteroatoms. The molecule has 0 radical (unpaired) electrons. The van der Waals surface area contributed by atoms with Gasteiger partial charge in [0.2, 0.25) is 0 Å². The number of nitriles is 1. The average Bonchev–Trinajstić information content (AvgIpc) is 3.54. The van der Waals surface area contributed by atoms with Crippen molar-refractivity contribution < 1.29 is 13.2 Å². The first-order valence-corrected chi connectivity index (χ1v) is 16.2.